The van der Waals surface area contributed by atoms with Crippen LogP contribution in [0.15, 0.2) is 27.8 Å². The Kier molecular flexibility index (Phi) is 4.41. The average molecular weight is 413 g/mol. The molecule has 0 spiro atoms. The van der Waals surface area contributed by atoms with Crippen LogP contribution in [-0.4, -0.2) is 23.2 Å². The number of hydrogen-bond donors (Lipinski definition) is 0. The lowest BCUT2D eigenvalue weighted by molar-refractivity contribution is 0.367. The first-order chi connectivity index (χ1) is 9.51. The molecule has 0 saturated carbocycles. The molecule has 0 N–H and O–H groups in total. The standard InChI is InChI=1S/C12H12BrCl2N3O2S/c1-12(2,3)18-10(16-17-11(18)21(15,19)20)7-4-5-8(13)9(14)6-7/h4-6H,1-3H3. The Bertz CT molecular complexity index is 797. The van der Waals surface area contributed by atoms with Crippen LogP contribution in [0.1, 0.15) is 20.8 Å². The van der Waals surface area contributed by atoms with Crippen LogP contribution >= 0.6 is 38.2 Å². The average Bonchev–Trinajstić information content (AvgIpc) is 2.76. The first kappa shape index (κ1) is 16.7. The Hall–Kier alpha value is -0.630. The Morgan fingerprint density at radius 2 is 1.86 bits per heavy atom. The van der Waals surface area contributed by atoms with Gasteiger partial charge in [-0.2, -0.15) is 0 Å². The van der Waals surface area contributed by atoms with Gasteiger partial charge in [-0.3, -0.25) is 4.57 Å². The summed E-state index contributed by atoms with van der Waals surface area (Å²) in [6.45, 7) is 5.52. The maximum Gasteiger partial charge on any atom is 0.296 e. The van der Waals surface area contributed by atoms with E-state index in [-0.39, 0.29) is 5.16 Å². The zero-order valence-corrected chi connectivity index (χ0v) is 15.3. The van der Waals surface area contributed by atoms with Gasteiger partial charge in [0.25, 0.3) is 14.2 Å². The third-order valence-corrected chi connectivity index (χ3v) is 5.05. The van der Waals surface area contributed by atoms with Gasteiger partial charge in [-0.1, -0.05) is 11.6 Å². The summed E-state index contributed by atoms with van der Waals surface area (Å²) < 4.78 is 25.6. The molecule has 0 unspecified atom stereocenters. The maximum atomic E-state index is 11.7. The molecular weight excluding hydrogens is 401 g/mol. The molecule has 1 heterocycles. The fraction of sp³-hybridized carbons (Fsp3) is 0.333. The molecule has 0 fully saturated rings. The third kappa shape index (κ3) is 3.41. The van der Waals surface area contributed by atoms with E-state index in [4.69, 9.17) is 22.3 Å². The first-order valence-corrected chi connectivity index (χ1v) is 9.36. The fourth-order valence-corrected chi connectivity index (χ4v) is 3.30. The van der Waals surface area contributed by atoms with Gasteiger partial charge in [0.05, 0.1) is 5.02 Å². The molecule has 2 aromatic rings. The number of aromatic nitrogens is 3. The normalized spacial score (nSPS) is 12.7. The summed E-state index contributed by atoms with van der Waals surface area (Å²) in [6.07, 6.45) is 0. The van der Waals surface area contributed by atoms with Crippen molar-refractivity contribution in [3.05, 3.63) is 27.7 Å². The van der Waals surface area contributed by atoms with Gasteiger partial charge in [0.2, 0.25) is 0 Å². The van der Waals surface area contributed by atoms with E-state index in [1.54, 1.807) is 18.2 Å². The molecule has 114 valence electrons. The van der Waals surface area contributed by atoms with Crippen molar-refractivity contribution in [1.82, 2.24) is 14.8 Å². The van der Waals surface area contributed by atoms with Gasteiger partial charge in [0, 0.05) is 26.3 Å². The molecule has 1 aromatic carbocycles. The topological polar surface area (TPSA) is 64.8 Å². The Balaban J connectivity index is 2.76. The van der Waals surface area contributed by atoms with Crippen molar-refractivity contribution < 1.29 is 8.42 Å². The zero-order chi connectivity index (χ0) is 16.0. The Labute approximate surface area is 140 Å². The van der Waals surface area contributed by atoms with Crippen molar-refractivity contribution >= 4 is 47.3 Å². The summed E-state index contributed by atoms with van der Waals surface area (Å²) in [4.78, 5) is 0. The quantitative estimate of drug-likeness (QED) is 0.698. The SMILES string of the molecule is CC(C)(C)n1c(-c2ccc(Br)c(Cl)c2)nnc1S(=O)(=O)Cl. The molecule has 0 bridgehead atoms. The molecule has 5 nitrogen and oxygen atoms in total. The minimum atomic E-state index is -4.00. The van der Waals surface area contributed by atoms with Crippen LogP contribution in [-0.2, 0) is 14.6 Å². The second-order valence-electron chi connectivity index (χ2n) is 5.38. The smallest absolute Gasteiger partial charge is 0.291 e. The van der Waals surface area contributed by atoms with Gasteiger partial charge >= 0.3 is 0 Å². The number of nitrogens with zero attached hydrogens (tertiary/aromatic N) is 3. The van der Waals surface area contributed by atoms with E-state index in [2.05, 4.69) is 26.1 Å². The molecule has 0 radical (unpaired) electrons. The van der Waals surface area contributed by atoms with Gasteiger partial charge < -0.3 is 0 Å². The summed E-state index contributed by atoms with van der Waals surface area (Å²) >= 11 is 9.38. The van der Waals surface area contributed by atoms with Crippen LogP contribution in [0.4, 0.5) is 0 Å². The van der Waals surface area contributed by atoms with Crippen molar-refractivity contribution in [2.24, 2.45) is 0 Å². The van der Waals surface area contributed by atoms with E-state index in [0.29, 0.717) is 16.4 Å². The molecule has 0 aliphatic rings. The third-order valence-electron chi connectivity index (χ3n) is 2.70. The molecule has 0 atom stereocenters. The molecule has 0 aliphatic heterocycles. The Morgan fingerprint density at radius 1 is 1.24 bits per heavy atom. The van der Waals surface area contributed by atoms with Crippen molar-refractivity contribution in [1.29, 1.82) is 0 Å². The predicted octanol–water partition coefficient (Wildman–Crippen LogP) is 4.04. The fourth-order valence-electron chi connectivity index (χ4n) is 1.85. The molecular formula is C12H12BrCl2N3O2S. The van der Waals surface area contributed by atoms with Crippen LogP contribution in [0.3, 0.4) is 0 Å². The van der Waals surface area contributed by atoms with Gasteiger partial charge in [-0.05, 0) is 54.9 Å². The van der Waals surface area contributed by atoms with Crippen LogP contribution in [0.2, 0.25) is 5.02 Å². The molecule has 0 saturated heterocycles. The van der Waals surface area contributed by atoms with Crippen molar-refractivity contribution in [3.63, 3.8) is 0 Å². The summed E-state index contributed by atoms with van der Waals surface area (Å²) in [5.41, 5.74) is 0.0764. The van der Waals surface area contributed by atoms with E-state index in [1.165, 1.54) is 4.57 Å². The van der Waals surface area contributed by atoms with Crippen LogP contribution < -0.4 is 0 Å². The zero-order valence-electron chi connectivity index (χ0n) is 11.4. The largest absolute Gasteiger partial charge is 0.296 e. The van der Waals surface area contributed by atoms with Crippen molar-refractivity contribution in [2.45, 2.75) is 31.5 Å². The molecule has 2 rings (SSSR count). The number of halogens is 3. The Morgan fingerprint density at radius 3 is 2.33 bits per heavy atom. The molecule has 21 heavy (non-hydrogen) atoms. The molecule has 1 aromatic heterocycles. The van der Waals surface area contributed by atoms with E-state index < -0.39 is 14.6 Å². The van der Waals surface area contributed by atoms with Gasteiger partial charge in [0.15, 0.2) is 5.82 Å². The molecule has 9 heteroatoms. The first-order valence-electron chi connectivity index (χ1n) is 5.88. The van der Waals surface area contributed by atoms with E-state index >= 15 is 0 Å². The van der Waals surface area contributed by atoms with Crippen LogP contribution in [0, 0.1) is 0 Å². The van der Waals surface area contributed by atoms with Crippen LogP contribution in [0.25, 0.3) is 11.4 Å². The number of rotatable bonds is 2. The molecule has 0 amide bonds. The number of hydrogen-bond acceptors (Lipinski definition) is 4. The highest BCUT2D eigenvalue weighted by Crippen LogP contribution is 2.32. The minimum Gasteiger partial charge on any atom is -0.291 e. The summed E-state index contributed by atoms with van der Waals surface area (Å²) in [7, 11) is 1.44. The van der Waals surface area contributed by atoms with Gasteiger partial charge in [-0.25, -0.2) is 8.42 Å². The highest BCUT2D eigenvalue weighted by molar-refractivity contribution is 9.10. The van der Waals surface area contributed by atoms with Gasteiger partial charge in [0.1, 0.15) is 0 Å². The van der Waals surface area contributed by atoms with Crippen molar-refractivity contribution in [3.8, 4) is 11.4 Å². The van der Waals surface area contributed by atoms with Gasteiger partial charge in [-0.15, -0.1) is 10.2 Å². The summed E-state index contributed by atoms with van der Waals surface area (Å²) in [5, 5.41) is 7.89. The maximum absolute atomic E-state index is 11.7. The van der Waals surface area contributed by atoms with E-state index in [0.717, 1.165) is 4.47 Å². The highest BCUT2D eigenvalue weighted by Gasteiger charge is 2.30. The minimum absolute atomic E-state index is 0.286. The molecule has 0 aliphatic carbocycles. The lowest BCUT2D eigenvalue weighted by Crippen LogP contribution is -2.25. The lowest BCUT2D eigenvalue weighted by Gasteiger charge is -2.24. The second-order valence-corrected chi connectivity index (χ2v) is 9.10. The van der Waals surface area contributed by atoms with Crippen molar-refractivity contribution in [2.75, 3.05) is 0 Å². The highest BCUT2D eigenvalue weighted by atomic mass is 79.9. The van der Waals surface area contributed by atoms with E-state index in [1.807, 2.05) is 20.8 Å². The van der Waals surface area contributed by atoms with E-state index in [9.17, 15) is 8.42 Å². The number of benzene rings is 1. The van der Waals surface area contributed by atoms with Crippen LogP contribution in [0.5, 0.6) is 0 Å². The predicted molar refractivity (Wildman–Crippen MR) is 86.2 cm³/mol. The lowest BCUT2D eigenvalue weighted by atomic mass is 10.1. The summed E-state index contributed by atoms with van der Waals surface area (Å²) in [5.74, 6) is 0.385. The second kappa shape index (κ2) is 5.53. The monoisotopic (exact) mass is 411 g/mol. The summed E-state index contributed by atoms with van der Waals surface area (Å²) in [6, 6.07) is 5.21.